The van der Waals surface area contributed by atoms with E-state index in [0.717, 1.165) is 18.5 Å². The Bertz CT molecular complexity index is 760. The number of carbonyl (C=O) groups is 1. The molecule has 0 radical (unpaired) electrons. The summed E-state index contributed by atoms with van der Waals surface area (Å²) in [5.74, 6) is 0.537. The Labute approximate surface area is 140 Å². The van der Waals surface area contributed by atoms with E-state index in [1.54, 1.807) is 24.7 Å². The van der Waals surface area contributed by atoms with Crippen LogP contribution in [0.3, 0.4) is 0 Å². The second kappa shape index (κ2) is 5.17. The minimum Gasteiger partial charge on any atom is -0.383 e. The maximum absolute atomic E-state index is 13.1. The van der Waals surface area contributed by atoms with Crippen molar-refractivity contribution >= 4 is 5.91 Å². The van der Waals surface area contributed by atoms with Crippen LogP contribution in [0, 0.1) is 13.8 Å². The molecule has 7 nitrogen and oxygen atoms in total. The first-order valence-electron chi connectivity index (χ1n) is 8.37. The molecule has 2 fully saturated rings. The average molecular weight is 330 g/mol. The molecule has 1 N–H and O–H groups in total. The molecule has 2 aliphatic rings. The molecule has 1 amide bonds. The van der Waals surface area contributed by atoms with Gasteiger partial charge < -0.3 is 14.5 Å². The zero-order chi connectivity index (χ0) is 17.1. The first-order valence-corrected chi connectivity index (χ1v) is 8.37. The average Bonchev–Trinajstić information content (AvgIpc) is 3.17. The number of fused-ring (bicyclic) bond motifs is 2. The van der Waals surface area contributed by atoms with E-state index in [1.807, 2.05) is 18.0 Å². The number of aryl methyl sites for hydroxylation is 3. The van der Waals surface area contributed by atoms with Crippen LogP contribution in [0.25, 0.3) is 0 Å². The van der Waals surface area contributed by atoms with Crippen molar-refractivity contribution in [3.05, 3.63) is 35.0 Å². The topological polar surface area (TPSA) is 84.4 Å². The number of hydrogen-bond donors (Lipinski definition) is 1. The molecule has 7 heteroatoms. The lowest BCUT2D eigenvalue weighted by Crippen LogP contribution is -2.52. The fourth-order valence-electron chi connectivity index (χ4n) is 4.51. The first kappa shape index (κ1) is 15.4. The van der Waals surface area contributed by atoms with Gasteiger partial charge in [-0.15, -0.1) is 0 Å². The van der Waals surface area contributed by atoms with Gasteiger partial charge in [-0.25, -0.2) is 0 Å². The molecule has 2 saturated heterocycles. The minimum absolute atomic E-state index is 0.0224. The third-order valence-electron chi connectivity index (χ3n) is 5.55. The molecule has 0 spiro atoms. The molecule has 2 aromatic heterocycles. The lowest BCUT2D eigenvalue weighted by Gasteiger charge is -2.43. The second-order valence-corrected chi connectivity index (χ2v) is 7.08. The predicted octanol–water partition coefficient (Wildman–Crippen LogP) is 1.68. The van der Waals surface area contributed by atoms with E-state index in [9.17, 15) is 9.90 Å². The molecule has 0 saturated carbocycles. The van der Waals surface area contributed by atoms with Crippen LogP contribution < -0.4 is 0 Å². The van der Waals surface area contributed by atoms with Crippen molar-refractivity contribution in [3.8, 4) is 0 Å². The van der Waals surface area contributed by atoms with E-state index < -0.39 is 5.60 Å². The Morgan fingerprint density at radius 2 is 2.00 bits per heavy atom. The van der Waals surface area contributed by atoms with Gasteiger partial charge in [-0.3, -0.25) is 9.48 Å². The summed E-state index contributed by atoms with van der Waals surface area (Å²) in [6.45, 7) is 3.56. The highest BCUT2D eigenvalue weighted by atomic mass is 16.5. The number of rotatable bonds is 2. The number of piperidine rings is 1. The van der Waals surface area contributed by atoms with Gasteiger partial charge in [0.05, 0.1) is 11.4 Å². The fourth-order valence-corrected chi connectivity index (χ4v) is 4.51. The summed E-state index contributed by atoms with van der Waals surface area (Å²) in [6, 6.07) is 1.93. The summed E-state index contributed by atoms with van der Waals surface area (Å²) in [5, 5.41) is 19.3. The number of hydrogen-bond acceptors (Lipinski definition) is 5. The van der Waals surface area contributed by atoms with Crippen LogP contribution in [0.2, 0.25) is 0 Å². The smallest absolute Gasteiger partial charge is 0.259 e. The number of carbonyl (C=O) groups excluding carboxylic acids is 1. The summed E-state index contributed by atoms with van der Waals surface area (Å²) in [6.07, 6.45) is 4.62. The number of aromatic nitrogens is 3. The van der Waals surface area contributed by atoms with Crippen LogP contribution in [0.15, 0.2) is 16.8 Å². The van der Waals surface area contributed by atoms with Gasteiger partial charge in [0.25, 0.3) is 5.91 Å². The molecule has 2 atom stereocenters. The predicted molar refractivity (Wildman–Crippen MR) is 85.3 cm³/mol. The molecule has 2 aliphatic heterocycles. The third kappa shape index (κ3) is 2.11. The Morgan fingerprint density at radius 1 is 1.33 bits per heavy atom. The molecule has 0 aliphatic carbocycles. The molecular formula is C17H22N4O3. The third-order valence-corrected chi connectivity index (χ3v) is 5.55. The Morgan fingerprint density at radius 3 is 2.50 bits per heavy atom. The van der Waals surface area contributed by atoms with Gasteiger partial charge in [-0.1, -0.05) is 5.16 Å². The summed E-state index contributed by atoms with van der Waals surface area (Å²) in [5.41, 5.74) is 1.10. The summed E-state index contributed by atoms with van der Waals surface area (Å²) >= 11 is 0. The van der Waals surface area contributed by atoms with E-state index in [4.69, 9.17) is 4.52 Å². The van der Waals surface area contributed by atoms with Gasteiger partial charge >= 0.3 is 0 Å². The normalized spacial score (nSPS) is 29.2. The molecule has 2 bridgehead atoms. The maximum atomic E-state index is 13.1. The summed E-state index contributed by atoms with van der Waals surface area (Å²) < 4.78 is 6.88. The molecule has 128 valence electrons. The van der Waals surface area contributed by atoms with Crippen molar-refractivity contribution in [1.82, 2.24) is 19.8 Å². The molecular weight excluding hydrogens is 308 g/mol. The van der Waals surface area contributed by atoms with Gasteiger partial charge in [0, 0.05) is 38.2 Å². The van der Waals surface area contributed by atoms with Gasteiger partial charge in [-0.2, -0.15) is 5.10 Å². The van der Waals surface area contributed by atoms with E-state index in [0.29, 0.717) is 29.9 Å². The van der Waals surface area contributed by atoms with Gasteiger partial charge in [0.1, 0.15) is 16.9 Å². The number of amides is 1. The van der Waals surface area contributed by atoms with Gasteiger partial charge in [-0.05, 0) is 32.8 Å². The van der Waals surface area contributed by atoms with Gasteiger partial charge in [0.2, 0.25) is 0 Å². The van der Waals surface area contributed by atoms with Crippen LogP contribution >= 0.6 is 0 Å². The Balaban J connectivity index is 1.64. The fraction of sp³-hybridized carbons (Fsp3) is 0.588. The maximum Gasteiger partial charge on any atom is 0.259 e. The Hall–Kier alpha value is -2.15. The lowest BCUT2D eigenvalue weighted by molar-refractivity contribution is -0.0530. The summed E-state index contributed by atoms with van der Waals surface area (Å²) in [4.78, 5) is 15.0. The van der Waals surface area contributed by atoms with Crippen molar-refractivity contribution in [1.29, 1.82) is 0 Å². The van der Waals surface area contributed by atoms with Crippen molar-refractivity contribution in [2.45, 2.75) is 57.2 Å². The van der Waals surface area contributed by atoms with E-state index in [2.05, 4.69) is 10.3 Å². The quantitative estimate of drug-likeness (QED) is 0.905. The summed E-state index contributed by atoms with van der Waals surface area (Å²) in [7, 11) is 1.84. The molecule has 4 rings (SSSR count). The number of nitrogens with zero attached hydrogens (tertiary/aromatic N) is 4. The van der Waals surface area contributed by atoms with Crippen molar-refractivity contribution in [3.63, 3.8) is 0 Å². The van der Waals surface area contributed by atoms with Crippen molar-refractivity contribution < 1.29 is 14.4 Å². The molecule has 4 heterocycles. The van der Waals surface area contributed by atoms with Crippen LogP contribution in [0.1, 0.15) is 53.2 Å². The second-order valence-electron chi connectivity index (χ2n) is 7.08. The van der Waals surface area contributed by atoms with Crippen LogP contribution in [-0.4, -0.2) is 42.9 Å². The molecule has 24 heavy (non-hydrogen) atoms. The number of aliphatic hydroxyl groups is 1. The van der Waals surface area contributed by atoms with Crippen molar-refractivity contribution in [2.24, 2.45) is 7.05 Å². The van der Waals surface area contributed by atoms with E-state index >= 15 is 0 Å². The van der Waals surface area contributed by atoms with E-state index in [1.165, 1.54) is 0 Å². The highest BCUT2D eigenvalue weighted by molar-refractivity contribution is 5.96. The standard InChI is InChI=1S/C17H22N4O3/c1-10-15(11(2)24-19-10)16(22)21-12-4-5-13(21)9-17(23,8-12)14-6-7-18-20(14)3/h6-7,12-13,23H,4-5,8-9H2,1-3H3/t12-,13-/m0/s1. The van der Waals surface area contributed by atoms with Crippen LogP contribution in [0.5, 0.6) is 0 Å². The molecule has 2 aromatic rings. The Kier molecular flexibility index (Phi) is 3.32. The van der Waals surface area contributed by atoms with E-state index in [-0.39, 0.29) is 18.0 Å². The van der Waals surface area contributed by atoms with Crippen molar-refractivity contribution in [2.75, 3.05) is 0 Å². The first-order chi connectivity index (χ1) is 11.4. The van der Waals surface area contributed by atoms with Crippen LogP contribution in [0.4, 0.5) is 0 Å². The monoisotopic (exact) mass is 330 g/mol. The molecule has 0 unspecified atom stereocenters. The van der Waals surface area contributed by atoms with Gasteiger partial charge in [0.15, 0.2) is 0 Å². The highest BCUT2D eigenvalue weighted by Gasteiger charge is 2.51. The zero-order valence-electron chi connectivity index (χ0n) is 14.2. The zero-order valence-corrected chi connectivity index (χ0v) is 14.2. The molecule has 0 aromatic carbocycles. The minimum atomic E-state index is -0.924. The highest BCUT2D eigenvalue weighted by Crippen LogP contribution is 2.46. The largest absolute Gasteiger partial charge is 0.383 e. The SMILES string of the molecule is Cc1noc(C)c1C(=O)N1[C@H]2CC[C@H]1CC(O)(c1ccnn1C)C2. The van der Waals surface area contributed by atoms with Crippen LogP contribution in [-0.2, 0) is 12.6 Å². The lowest BCUT2D eigenvalue weighted by atomic mass is 9.83.